The molecule has 0 saturated heterocycles. The van der Waals surface area contributed by atoms with Gasteiger partial charge in [-0.15, -0.1) is 0 Å². The molecule has 0 atom stereocenters. The molecule has 1 aromatic carbocycles. The Bertz CT molecular complexity index is 614. The van der Waals surface area contributed by atoms with E-state index in [0.29, 0.717) is 6.42 Å². The van der Waals surface area contributed by atoms with Gasteiger partial charge in [0.05, 0.1) is 11.9 Å². The van der Waals surface area contributed by atoms with Crippen molar-refractivity contribution in [3.05, 3.63) is 35.4 Å². The normalized spacial score (nSPS) is 9.97. The molecule has 1 N–H and O–H groups in total. The van der Waals surface area contributed by atoms with Gasteiger partial charge in [-0.25, -0.2) is 0 Å². The van der Waals surface area contributed by atoms with E-state index in [2.05, 4.69) is 6.92 Å². The Morgan fingerprint density at radius 2 is 0.939 bits per heavy atom. The van der Waals surface area contributed by atoms with Gasteiger partial charge in [0, 0.05) is 17.5 Å². The number of rotatable bonds is 18. The molecule has 0 aliphatic carbocycles. The average molecular weight is 514 g/mol. The van der Waals surface area contributed by atoms with Crippen molar-refractivity contribution in [1.82, 2.24) is 0 Å². The summed E-state index contributed by atoms with van der Waals surface area (Å²) in [6.07, 6.45) is 20.2. The summed E-state index contributed by atoms with van der Waals surface area (Å²) in [7, 11) is 0. The van der Waals surface area contributed by atoms with Crippen LogP contribution in [0.5, 0.6) is 0 Å². The van der Waals surface area contributed by atoms with Gasteiger partial charge in [-0.1, -0.05) is 121 Å². The molecule has 1 aromatic rings. The first kappa shape index (κ1) is 33.4. The summed E-state index contributed by atoms with van der Waals surface area (Å²) in [5, 5.41) is 29.2. The quantitative estimate of drug-likeness (QED) is 0.224. The SMILES string of the molecule is CCCCCCCCCCCCCCCCCC(=O)O.O=C([O-])c1ccccc1C(=O)[O-].[Zn+2]. The Morgan fingerprint density at radius 3 is 1.21 bits per heavy atom. The van der Waals surface area contributed by atoms with E-state index in [0.717, 1.165) is 25.0 Å². The van der Waals surface area contributed by atoms with Gasteiger partial charge in [0.15, 0.2) is 0 Å². The molecule has 7 heteroatoms. The van der Waals surface area contributed by atoms with Gasteiger partial charge in [0.1, 0.15) is 0 Å². The fourth-order valence-corrected chi connectivity index (χ4v) is 3.49. The van der Waals surface area contributed by atoms with Crippen molar-refractivity contribution >= 4 is 17.9 Å². The van der Waals surface area contributed by atoms with E-state index in [1.54, 1.807) is 0 Å². The van der Waals surface area contributed by atoms with Gasteiger partial charge in [-0.2, -0.15) is 0 Å². The summed E-state index contributed by atoms with van der Waals surface area (Å²) in [6.45, 7) is 2.27. The summed E-state index contributed by atoms with van der Waals surface area (Å²) in [6, 6.07) is 5.14. The molecular formula is C26H40O6Zn. The maximum absolute atomic E-state index is 10.3. The third-order valence-electron chi connectivity index (χ3n) is 5.36. The molecule has 0 unspecified atom stereocenters. The molecule has 0 bridgehead atoms. The van der Waals surface area contributed by atoms with Crippen LogP contribution >= 0.6 is 0 Å². The molecule has 33 heavy (non-hydrogen) atoms. The largest absolute Gasteiger partial charge is 2.00 e. The van der Waals surface area contributed by atoms with Crippen LogP contribution < -0.4 is 10.2 Å². The molecule has 0 radical (unpaired) electrons. The number of carboxylic acid groups (broad SMARTS) is 3. The van der Waals surface area contributed by atoms with Crippen LogP contribution in [0.3, 0.4) is 0 Å². The molecule has 1 rings (SSSR count). The van der Waals surface area contributed by atoms with Crippen LogP contribution in [-0.4, -0.2) is 23.0 Å². The van der Waals surface area contributed by atoms with Crippen molar-refractivity contribution in [3.63, 3.8) is 0 Å². The second-order valence-electron chi connectivity index (χ2n) is 8.21. The van der Waals surface area contributed by atoms with E-state index in [1.165, 1.54) is 95.6 Å². The number of hydrogen-bond acceptors (Lipinski definition) is 5. The standard InChI is InChI=1S/C18H36O2.C8H6O4.Zn/c1-2-3-4-5-6-7-8-9-10-11-12-13-14-15-16-17-18(19)20;9-7(10)5-3-1-2-4-6(5)8(11)12;/h2-17H2,1H3,(H,19,20);1-4H,(H,9,10)(H,11,12);/q;;+2/p-2. The predicted molar refractivity (Wildman–Crippen MR) is 122 cm³/mol. The van der Waals surface area contributed by atoms with E-state index >= 15 is 0 Å². The zero-order chi connectivity index (χ0) is 24.0. The van der Waals surface area contributed by atoms with Crippen LogP contribution in [0, 0.1) is 0 Å². The minimum absolute atomic E-state index is 0. The van der Waals surface area contributed by atoms with Crippen molar-refractivity contribution in [2.75, 3.05) is 0 Å². The first-order valence-corrected chi connectivity index (χ1v) is 12.1. The minimum atomic E-state index is -1.52. The number of benzene rings is 1. The van der Waals surface area contributed by atoms with Gasteiger partial charge in [-0.05, 0) is 6.42 Å². The molecule has 0 aliphatic heterocycles. The van der Waals surface area contributed by atoms with E-state index in [1.807, 2.05) is 0 Å². The number of carbonyl (C=O) groups excluding carboxylic acids is 2. The molecule has 0 fully saturated rings. The Kier molecular flexibility index (Phi) is 23.7. The molecule has 0 saturated carbocycles. The average Bonchev–Trinajstić information content (AvgIpc) is 2.76. The third kappa shape index (κ3) is 20.6. The number of carboxylic acids is 3. The van der Waals surface area contributed by atoms with Crippen LogP contribution in [0.15, 0.2) is 24.3 Å². The molecule has 0 heterocycles. The zero-order valence-corrected chi connectivity index (χ0v) is 23.3. The summed E-state index contributed by atoms with van der Waals surface area (Å²) < 4.78 is 0. The van der Waals surface area contributed by atoms with Crippen molar-refractivity contribution in [2.45, 2.75) is 110 Å². The predicted octanol–water partition coefficient (Wildman–Crippen LogP) is 4.74. The van der Waals surface area contributed by atoms with Crippen molar-refractivity contribution in [2.24, 2.45) is 0 Å². The van der Waals surface area contributed by atoms with Crippen LogP contribution in [0.2, 0.25) is 0 Å². The number of hydrogen-bond donors (Lipinski definition) is 1. The van der Waals surface area contributed by atoms with Gasteiger partial charge < -0.3 is 24.9 Å². The third-order valence-corrected chi connectivity index (χ3v) is 5.36. The summed E-state index contributed by atoms with van der Waals surface area (Å²) >= 11 is 0. The first-order chi connectivity index (χ1) is 15.4. The Labute approximate surface area is 211 Å². The number of unbranched alkanes of at least 4 members (excludes halogenated alkanes) is 14. The monoisotopic (exact) mass is 512 g/mol. The van der Waals surface area contributed by atoms with Crippen LogP contribution in [0.1, 0.15) is 130 Å². The van der Waals surface area contributed by atoms with Crippen molar-refractivity contribution in [3.8, 4) is 0 Å². The van der Waals surface area contributed by atoms with Crippen LogP contribution in [0.4, 0.5) is 0 Å². The van der Waals surface area contributed by atoms with E-state index in [4.69, 9.17) is 5.11 Å². The fraction of sp³-hybridized carbons (Fsp3) is 0.654. The summed E-state index contributed by atoms with van der Waals surface area (Å²) in [4.78, 5) is 31.0. The molecule has 6 nitrogen and oxygen atoms in total. The van der Waals surface area contributed by atoms with Gasteiger partial charge in [0.25, 0.3) is 0 Å². The molecule has 0 amide bonds. The van der Waals surface area contributed by atoms with Gasteiger partial charge in [-0.3, -0.25) is 4.79 Å². The van der Waals surface area contributed by atoms with E-state index < -0.39 is 17.9 Å². The summed E-state index contributed by atoms with van der Waals surface area (Å²) in [5.74, 6) is -3.69. The Morgan fingerprint density at radius 1 is 0.636 bits per heavy atom. The summed E-state index contributed by atoms with van der Waals surface area (Å²) in [5.41, 5.74) is -0.727. The molecule has 0 spiro atoms. The van der Waals surface area contributed by atoms with E-state index in [-0.39, 0.29) is 30.6 Å². The van der Waals surface area contributed by atoms with Crippen molar-refractivity contribution in [1.29, 1.82) is 0 Å². The second-order valence-corrected chi connectivity index (χ2v) is 8.21. The fourth-order valence-electron chi connectivity index (χ4n) is 3.49. The van der Waals surface area contributed by atoms with Crippen LogP contribution in [0.25, 0.3) is 0 Å². The minimum Gasteiger partial charge on any atom is -0.545 e. The smallest absolute Gasteiger partial charge is 0.545 e. The Balaban J connectivity index is 0. The molecule has 182 valence electrons. The second kappa shape index (κ2) is 23.4. The van der Waals surface area contributed by atoms with Gasteiger partial charge >= 0.3 is 25.4 Å². The topological polar surface area (TPSA) is 118 Å². The molecule has 0 aliphatic rings. The maximum atomic E-state index is 10.3. The maximum Gasteiger partial charge on any atom is 2.00 e. The van der Waals surface area contributed by atoms with Crippen LogP contribution in [-0.2, 0) is 24.3 Å². The Hall–Kier alpha value is -1.75. The first-order valence-electron chi connectivity index (χ1n) is 12.1. The number of aromatic carboxylic acids is 2. The zero-order valence-electron chi connectivity index (χ0n) is 20.3. The van der Waals surface area contributed by atoms with E-state index in [9.17, 15) is 24.6 Å². The molecular weight excluding hydrogens is 474 g/mol. The van der Waals surface area contributed by atoms with Gasteiger partial charge in [0.2, 0.25) is 0 Å². The number of carbonyl (C=O) groups is 3. The van der Waals surface area contributed by atoms with Crippen molar-refractivity contribution < 1.29 is 49.2 Å². The molecule has 0 aromatic heterocycles. The number of aliphatic carboxylic acids is 1.